The SMILES string of the molecule is CC(C)(CCC(=O)NC1(CC(=O)O)CCOCC1)c1ccccc1. The molecular weight excluding hydrogens is 306 g/mol. The molecule has 0 spiro atoms. The highest BCUT2D eigenvalue weighted by atomic mass is 16.5. The van der Waals surface area contributed by atoms with E-state index in [1.165, 1.54) is 5.56 Å². The molecule has 1 amide bonds. The molecule has 132 valence electrons. The molecule has 1 aliphatic heterocycles. The van der Waals surface area contributed by atoms with Crippen LogP contribution in [0, 0.1) is 0 Å². The van der Waals surface area contributed by atoms with E-state index in [1.54, 1.807) is 0 Å². The zero-order valence-corrected chi connectivity index (χ0v) is 14.5. The zero-order valence-electron chi connectivity index (χ0n) is 14.5. The average Bonchev–Trinajstić information content (AvgIpc) is 2.54. The number of aliphatic carboxylic acids is 1. The van der Waals surface area contributed by atoms with Gasteiger partial charge < -0.3 is 15.2 Å². The van der Waals surface area contributed by atoms with E-state index in [9.17, 15) is 9.59 Å². The van der Waals surface area contributed by atoms with Crippen molar-refractivity contribution in [1.82, 2.24) is 5.32 Å². The van der Waals surface area contributed by atoms with Crippen LogP contribution in [0.25, 0.3) is 0 Å². The Labute approximate surface area is 143 Å². The van der Waals surface area contributed by atoms with Gasteiger partial charge in [0.05, 0.1) is 12.0 Å². The van der Waals surface area contributed by atoms with Crippen molar-refractivity contribution in [2.75, 3.05) is 13.2 Å². The third-order valence-corrected chi connectivity index (χ3v) is 4.88. The molecule has 1 aliphatic rings. The number of rotatable bonds is 7. The molecular formula is C19H27NO4. The van der Waals surface area contributed by atoms with Gasteiger partial charge in [0.1, 0.15) is 0 Å². The van der Waals surface area contributed by atoms with Gasteiger partial charge in [-0.25, -0.2) is 0 Å². The molecule has 0 atom stereocenters. The monoisotopic (exact) mass is 333 g/mol. The van der Waals surface area contributed by atoms with Gasteiger partial charge in [0, 0.05) is 19.6 Å². The molecule has 0 aromatic heterocycles. The van der Waals surface area contributed by atoms with Gasteiger partial charge in [0.25, 0.3) is 0 Å². The number of carboxylic acids is 1. The maximum Gasteiger partial charge on any atom is 0.305 e. The van der Waals surface area contributed by atoms with Gasteiger partial charge in [-0.15, -0.1) is 0 Å². The first kappa shape index (κ1) is 18.5. The first-order valence-electron chi connectivity index (χ1n) is 8.49. The fourth-order valence-electron chi connectivity index (χ4n) is 3.22. The standard InChI is InChI=1S/C19H27NO4/c1-18(2,15-6-4-3-5-7-15)9-8-16(21)20-19(14-17(22)23)10-12-24-13-11-19/h3-7H,8-14H2,1-2H3,(H,20,21)(H,22,23). The molecule has 0 unspecified atom stereocenters. The summed E-state index contributed by atoms with van der Waals surface area (Å²) < 4.78 is 5.32. The molecule has 24 heavy (non-hydrogen) atoms. The fourth-order valence-corrected chi connectivity index (χ4v) is 3.22. The number of carboxylic acid groups (broad SMARTS) is 1. The summed E-state index contributed by atoms with van der Waals surface area (Å²) in [7, 11) is 0. The Bertz CT molecular complexity index is 562. The topological polar surface area (TPSA) is 75.6 Å². The largest absolute Gasteiger partial charge is 0.481 e. The molecule has 1 fully saturated rings. The van der Waals surface area contributed by atoms with Crippen molar-refractivity contribution in [3.8, 4) is 0 Å². The minimum Gasteiger partial charge on any atom is -0.481 e. The van der Waals surface area contributed by atoms with Gasteiger partial charge in [-0.05, 0) is 30.2 Å². The first-order chi connectivity index (χ1) is 11.3. The quantitative estimate of drug-likeness (QED) is 0.804. The summed E-state index contributed by atoms with van der Waals surface area (Å²) in [6.45, 7) is 5.22. The summed E-state index contributed by atoms with van der Waals surface area (Å²) in [4.78, 5) is 23.6. The molecule has 0 bridgehead atoms. The van der Waals surface area contributed by atoms with Gasteiger partial charge >= 0.3 is 5.97 Å². The Morgan fingerprint density at radius 2 is 1.83 bits per heavy atom. The van der Waals surface area contributed by atoms with Crippen LogP contribution in [0.1, 0.15) is 51.5 Å². The van der Waals surface area contributed by atoms with Crippen molar-refractivity contribution in [2.45, 2.75) is 56.9 Å². The number of ether oxygens (including phenoxy) is 1. The number of carbonyl (C=O) groups excluding carboxylic acids is 1. The van der Waals surface area contributed by atoms with Gasteiger partial charge in [0.15, 0.2) is 0 Å². The smallest absolute Gasteiger partial charge is 0.305 e. The van der Waals surface area contributed by atoms with Crippen LogP contribution in [0.3, 0.4) is 0 Å². The normalized spacial score (nSPS) is 17.2. The predicted molar refractivity (Wildman–Crippen MR) is 91.9 cm³/mol. The third kappa shape index (κ3) is 5.06. The van der Waals surface area contributed by atoms with E-state index in [1.807, 2.05) is 18.2 Å². The summed E-state index contributed by atoms with van der Waals surface area (Å²) in [5, 5.41) is 12.1. The van der Waals surface area contributed by atoms with Gasteiger partial charge in [0.2, 0.25) is 5.91 Å². The maximum atomic E-state index is 12.4. The second-order valence-corrected chi connectivity index (χ2v) is 7.26. The zero-order chi connectivity index (χ0) is 17.6. The summed E-state index contributed by atoms with van der Waals surface area (Å²) >= 11 is 0. The van der Waals surface area contributed by atoms with Crippen LogP contribution in [0.5, 0.6) is 0 Å². The Balaban J connectivity index is 1.95. The molecule has 0 aliphatic carbocycles. The highest BCUT2D eigenvalue weighted by Crippen LogP contribution is 2.29. The van der Waals surface area contributed by atoms with Crippen LogP contribution in [0.4, 0.5) is 0 Å². The van der Waals surface area contributed by atoms with Gasteiger partial charge in [-0.2, -0.15) is 0 Å². The number of hydrogen-bond donors (Lipinski definition) is 2. The average molecular weight is 333 g/mol. The number of nitrogens with one attached hydrogen (secondary N) is 1. The first-order valence-corrected chi connectivity index (χ1v) is 8.49. The van der Waals surface area contributed by atoms with Crippen LogP contribution >= 0.6 is 0 Å². The number of benzene rings is 1. The highest BCUT2D eigenvalue weighted by molar-refractivity contribution is 5.78. The van der Waals surface area contributed by atoms with Crippen LogP contribution in [0.15, 0.2) is 30.3 Å². The van der Waals surface area contributed by atoms with E-state index < -0.39 is 11.5 Å². The number of hydrogen-bond acceptors (Lipinski definition) is 3. The Kier molecular flexibility index (Phi) is 5.99. The Morgan fingerprint density at radius 1 is 1.21 bits per heavy atom. The second kappa shape index (κ2) is 7.79. The summed E-state index contributed by atoms with van der Waals surface area (Å²) in [5.41, 5.74) is 0.427. The van der Waals surface area contributed by atoms with Crippen molar-refractivity contribution in [3.05, 3.63) is 35.9 Å². The maximum absolute atomic E-state index is 12.4. The van der Waals surface area contributed by atoms with E-state index in [-0.39, 0.29) is 17.7 Å². The lowest BCUT2D eigenvalue weighted by Gasteiger charge is -2.37. The summed E-state index contributed by atoms with van der Waals surface area (Å²) in [6.07, 6.45) is 2.14. The van der Waals surface area contributed by atoms with Crippen molar-refractivity contribution < 1.29 is 19.4 Å². The molecule has 1 saturated heterocycles. The molecule has 0 saturated carbocycles. The van der Waals surface area contributed by atoms with E-state index in [0.29, 0.717) is 38.9 Å². The van der Waals surface area contributed by atoms with Crippen LogP contribution < -0.4 is 5.32 Å². The molecule has 0 radical (unpaired) electrons. The molecule has 1 heterocycles. The summed E-state index contributed by atoms with van der Waals surface area (Å²) in [5.74, 6) is -0.969. The van der Waals surface area contributed by atoms with E-state index >= 15 is 0 Å². The third-order valence-electron chi connectivity index (χ3n) is 4.88. The van der Waals surface area contributed by atoms with Gasteiger partial charge in [-0.1, -0.05) is 44.2 Å². The van der Waals surface area contributed by atoms with E-state index in [2.05, 4.69) is 31.3 Å². The highest BCUT2D eigenvalue weighted by Gasteiger charge is 2.36. The molecule has 2 N–H and O–H groups in total. The molecule has 1 aromatic rings. The fraction of sp³-hybridized carbons (Fsp3) is 0.579. The van der Waals surface area contributed by atoms with Crippen molar-refractivity contribution in [3.63, 3.8) is 0 Å². The number of carbonyl (C=O) groups is 2. The van der Waals surface area contributed by atoms with Crippen LogP contribution in [-0.2, 0) is 19.7 Å². The van der Waals surface area contributed by atoms with Gasteiger partial charge in [-0.3, -0.25) is 9.59 Å². The van der Waals surface area contributed by atoms with Crippen LogP contribution in [0.2, 0.25) is 0 Å². The lowest BCUT2D eigenvalue weighted by Crippen LogP contribution is -2.53. The number of amides is 1. The lowest BCUT2D eigenvalue weighted by atomic mass is 9.80. The summed E-state index contributed by atoms with van der Waals surface area (Å²) in [6, 6.07) is 10.1. The molecule has 1 aromatic carbocycles. The lowest BCUT2D eigenvalue weighted by molar-refractivity contribution is -0.140. The molecule has 5 nitrogen and oxygen atoms in total. The Morgan fingerprint density at radius 3 is 2.42 bits per heavy atom. The Hall–Kier alpha value is -1.88. The molecule has 2 rings (SSSR count). The second-order valence-electron chi connectivity index (χ2n) is 7.26. The minimum atomic E-state index is -0.887. The van der Waals surface area contributed by atoms with E-state index in [0.717, 1.165) is 0 Å². The molecule has 5 heteroatoms. The van der Waals surface area contributed by atoms with Crippen LogP contribution in [-0.4, -0.2) is 35.7 Å². The van der Waals surface area contributed by atoms with E-state index in [4.69, 9.17) is 9.84 Å². The van der Waals surface area contributed by atoms with Crippen molar-refractivity contribution in [1.29, 1.82) is 0 Å². The van der Waals surface area contributed by atoms with Crippen molar-refractivity contribution >= 4 is 11.9 Å². The van der Waals surface area contributed by atoms with Crippen molar-refractivity contribution in [2.24, 2.45) is 0 Å². The minimum absolute atomic E-state index is 0.0514. The predicted octanol–water partition coefficient (Wildman–Crippen LogP) is 2.88.